The van der Waals surface area contributed by atoms with Gasteiger partial charge in [-0.2, -0.15) is 13.2 Å². The van der Waals surface area contributed by atoms with Crippen molar-refractivity contribution in [2.24, 2.45) is 5.41 Å². The van der Waals surface area contributed by atoms with Crippen molar-refractivity contribution in [1.82, 2.24) is 5.32 Å². The van der Waals surface area contributed by atoms with Crippen LogP contribution in [0.5, 0.6) is 0 Å². The Morgan fingerprint density at radius 2 is 2.15 bits per heavy atom. The average molecular weight is 372 g/mol. The number of amides is 1. The lowest BCUT2D eigenvalue weighted by Crippen LogP contribution is -2.49. The van der Waals surface area contributed by atoms with Crippen LogP contribution in [0.3, 0.4) is 0 Å². The normalized spacial score (nSPS) is 22.9. The quantitative estimate of drug-likeness (QED) is 0.834. The highest BCUT2D eigenvalue weighted by atomic mass is 79.9. The van der Waals surface area contributed by atoms with E-state index in [0.717, 1.165) is 0 Å². The van der Waals surface area contributed by atoms with Crippen molar-refractivity contribution in [2.75, 3.05) is 18.4 Å². The van der Waals surface area contributed by atoms with E-state index in [1.165, 1.54) is 12.1 Å². The van der Waals surface area contributed by atoms with Crippen LogP contribution in [-0.4, -0.2) is 25.2 Å². The summed E-state index contributed by atoms with van der Waals surface area (Å²) in [5, 5.41) is 5.20. The lowest BCUT2D eigenvalue weighted by atomic mass is 9.85. The number of halogens is 5. The second-order valence-electron chi connectivity index (χ2n) is 4.59. The summed E-state index contributed by atoms with van der Waals surface area (Å²) in [6, 6.07) is 4.45. The van der Waals surface area contributed by atoms with Crippen LogP contribution in [-0.2, 0) is 4.79 Å². The highest BCUT2D eigenvalue weighted by Crippen LogP contribution is 2.44. The van der Waals surface area contributed by atoms with Gasteiger partial charge in [0.1, 0.15) is 0 Å². The third-order valence-electron chi connectivity index (χ3n) is 3.31. The SMILES string of the molecule is O=C(Nc1ccc(Br)c(Cl)c1)C1(C(F)(F)F)CCNC1. The van der Waals surface area contributed by atoms with Crippen molar-refractivity contribution in [3.63, 3.8) is 0 Å². The number of hydrogen-bond acceptors (Lipinski definition) is 2. The van der Waals surface area contributed by atoms with E-state index in [-0.39, 0.29) is 18.7 Å². The van der Waals surface area contributed by atoms with Gasteiger partial charge >= 0.3 is 6.18 Å². The fourth-order valence-corrected chi connectivity index (χ4v) is 2.51. The van der Waals surface area contributed by atoms with Crippen LogP contribution in [0.2, 0.25) is 5.02 Å². The van der Waals surface area contributed by atoms with Gasteiger partial charge in [-0.15, -0.1) is 0 Å². The summed E-state index contributed by atoms with van der Waals surface area (Å²) in [7, 11) is 0. The maximum atomic E-state index is 13.2. The molecular weight excluding hydrogens is 360 g/mol. The summed E-state index contributed by atoms with van der Waals surface area (Å²) in [5.74, 6) is -1.06. The summed E-state index contributed by atoms with van der Waals surface area (Å²) in [4.78, 5) is 12.1. The lowest BCUT2D eigenvalue weighted by Gasteiger charge is -2.29. The molecule has 1 aromatic rings. The fraction of sp³-hybridized carbons (Fsp3) is 0.417. The Hall–Kier alpha value is -0.790. The lowest BCUT2D eigenvalue weighted by molar-refractivity contribution is -0.213. The molecule has 1 aliphatic rings. The Balaban J connectivity index is 2.23. The third kappa shape index (κ3) is 2.80. The highest BCUT2D eigenvalue weighted by Gasteiger charge is 2.61. The van der Waals surface area contributed by atoms with Gasteiger partial charge in [0.2, 0.25) is 5.91 Å². The summed E-state index contributed by atoms with van der Waals surface area (Å²) in [5.41, 5.74) is -2.15. The van der Waals surface area contributed by atoms with Crippen molar-refractivity contribution in [3.05, 3.63) is 27.7 Å². The molecule has 1 unspecified atom stereocenters. The minimum absolute atomic E-state index is 0.161. The van der Waals surface area contributed by atoms with Gasteiger partial charge in [-0.3, -0.25) is 4.79 Å². The van der Waals surface area contributed by atoms with Gasteiger partial charge in [0.05, 0.1) is 5.02 Å². The molecule has 110 valence electrons. The van der Waals surface area contributed by atoms with Crippen molar-refractivity contribution < 1.29 is 18.0 Å². The van der Waals surface area contributed by atoms with Crippen molar-refractivity contribution in [2.45, 2.75) is 12.6 Å². The number of anilines is 1. The summed E-state index contributed by atoms with van der Waals surface area (Å²) >= 11 is 9.02. The van der Waals surface area contributed by atoms with Crippen molar-refractivity contribution in [1.29, 1.82) is 0 Å². The van der Waals surface area contributed by atoms with Crippen LogP contribution in [0.15, 0.2) is 22.7 Å². The standard InChI is InChI=1S/C12H11BrClF3N2O/c13-8-2-1-7(5-9(8)14)19-10(20)11(12(15,16)17)3-4-18-6-11/h1-2,5,18H,3-4,6H2,(H,19,20). The van der Waals surface area contributed by atoms with E-state index >= 15 is 0 Å². The minimum Gasteiger partial charge on any atom is -0.325 e. The second kappa shape index (κ2) is 5.54. The molecule has 1 saturated heterocycles. The summed E-state index contributed by atoms with van der Waals surface area (Å²) < 4.78 is 40.1. The van der Waals surface area contributed by atoms with Gasteiger partial charge in [-0.25, -0.2) is 0 Å². The molecule has 1 amide bonds. The van der Waals surface area contributed by atoms with Gasteiger partial charge in [-0.1, -0.05) is 11.6 Å². The highest BCUT2D eigenvalue weighted by molar-refractivity contribution is 9.10. The Morgan fingerprint density at radius 3 is 2.65 bits per heavy atom. The molecule has 3 nitrogen and oxygen atoms in total. The van der Waals surface area contributed by atoms with E-state index in [9.17, 15) is 18.0 Å². The Kier molecular flexibility index (Phi) is 4.32. The number of hydrogen-bond donors (Lipinski definition) is 2. The number of nitrogens with one attached hydrogen (secondary N) is 2. The van der Waals surface area contributed by atoms with Crippen LogP contribution in [0, 0.1) is 5.41 Å². The molecule has 1 aromatic carbocycles. The van der Waals surface area contributed by atoms with E-state index in [4.69, 9.17) is 11.6 Å². The Labute approximate surface area is 127 Å². The molecule has 0 saturated carbocycles. The largest absolute Gasteiger partial charge is 0.404 e. The van der Waals surface area contributed by atoms with Crippen LogP contribution in [0.25, 0.3) is 0 Å². The number of alkyl halides is 3. The molecule has 8 heteroatoms. The van der Waals surface area contributed by atoms with Crippen LogP contribution in [0.1, 0.15) is 6.42 Å². The number of benzene rings is 1. The van der Waals surface area contributed by atoms with Gasteiger partial charge < -0.3 is 10.6 Å². The molecule has 0 aromatic heterocycles. The molecule has 0 spiro atoms. The predicted octanol–water partition coefficient (Wildman–Crippen LogP) is 3.58. The van der Waals surface area contributed by atoms with E-state index in [1.807, 2.05) is 0 Å². The first-order valence-electron chi connectivity index (χ1n) is 5.80. The molecule has 0 bridgehead atoms. The van der Waals surface area contributed by atoms with Gasteiger partial charge in [0.25, 0.3) is 0 Å². The molecule has 20 heavy (non-hydrogen) atoms. The van der Waals surface area contributed by atoms with E-state index in [2.05, 4.69) is 26.6 Å². The van der Waals surface area contributed by atoms with Crippen molar-refractivity contribution >= 4 is 39.1 Å². The zero-order valence-electron chi connectivity index (χ0n) is 10.2. The number of rotatable bonds is 2. The zero-order valence-corrected chi connectivity index (χ0v) is 12.5. The molecule has 0 aliphatic carbocycles. The number of carbonyl (C=O) groups excluding carboxylic acids is 1. The smallest absolute Gasteiger partial charge is 0.325 e. The van der Waals surface area contributed by atoms with Crippen molar-refractivity contribution in [3.8, 4) is 0 Å². The molecule has 2 N–H and O–H groups in total. The summed E-state index contributed by atoms with van der Waals surface area (Å²) in [6.45, 7) is -0.249. The van der Waals surface area contributed by atoms with Gasteiger partial charge in [0, 0.05) is 16.7 Å². The van der Waals surface area contributed by atoms with Crippen LogP contribution in [0.4, 0.5) is 18.9 Å². The van der Waals surface area contributed by atoms with Gasteiger partial charge in [-0.05, 0) is 47.1 Å². The third-order valence-corrected chi connectivity index (χ3v) is 4.54. The molecular formula is C12H11BrClF3N2O. The summed E-state index contributed by atoms with van der Waals surface area (Å²) in [6.07, 6.45) is -4.87. The van der Waals surface area contributed by atoms with E-state index in [0.29, 0.717) is 9.50 Å². The molecule has 1 aliphatic heterocycles. The minimum atomic E-state index is -4.60. The second-order valence-corrected chi connectivity index (χ2v) is 5.85. The monoisotopic (exact) mass is 370 g/mol. The molecule has 2 rings (SSSR count). The first kappa shape index (κ1) is 15.6. The Morgan fingerprint density at radius 1 is 1.45 bits per heavy atom. The first-order chi connectivity index (χ1) is 9.26. The topological polar surface area (TPSA) is 41.1 Å². The molecule has 1 heterocycles. The van der Waals surface area contributed by atoms with E-state index < -0.39 is 24.0 Å². The van der Waals surface area contributed by atoms with Crippen LogP contribution >= 0.6 is 27.5 Å². The van der Waals surface area contributed by atoms with Gasteiger partial charge in [0.15, 0.2) is 5.41 Å². The average Bonchev–Trinajstić information content (AvgIpc) is 2.84. The van der Waals surface area contributed by atoms with E-state index in [1.54, 1.807) is 6.07 Å². The number of carbonyl (C=O) groups is 1. The maximum absolute atomic E-state index is 13.2. The Bertz CT molecular complexity index is 530. The predicted molar refractivity (Wildman–Crippen MR) is 73.8 cm³/mol. The molecule has 1 fully saturated rings. The maximum Gasteiger partial charge on any atom is 0.404 e. The first-order valence-corrected chi connectivity index (χ1v) is 6.97. The zero-order chi connectivity index (χ0) is 15.0. The fourth-order valence-electron chi connectivity index (χ4n) is 2.08. The molecule has 0 radical (unpaired) electrons. The molecule has 1 atom stereocenters. The van der Waals surface area contributed by atoms with Crippen LogP contribution < -0.4 is 10.6 Å².